The highest BCUT2D eigenvalue weighted by Crippen LogP contribution is 2.19. The molecule has 0 fully saturated rings. The summed E-state index contributed by atoms with van der Waals surface area (Å²) >= 11 is 0. The number of pyridine rings is 1. The third-order valence-electron chi connectivity index (χ3n) is 2.99. The molecule has 2 N–H and O–H groups in total. The SMILES string of the molecule is COCCNCCNc1nc2ccccc2cc1C. The van der Waals surface area contributed by atoms with Crippen LogP contribution in [0.15, 0.2) is 30.3 Å². The van der Waals surface area contributed by atoms with Crippen molar-refractivity contribution in [3.63, 3.8) is 0 Å². The zero-order valence-corrected chi connectivity index (χ0v) is 11.6. The zero-order valence-electron chi connectivity index (χ0n) is 11.6. The summed E-state index contributed by atoms with van der Waals surface area (Å²) in [4.78, 5) is 4.65. The van der Waals surface area contributed by atoms with Crippen LogP contribution in [0, 0.1) is 6.92 Å². The molecular formula is C15H21N3O. The molecule has 0 atom stereocenters. The van der Waals surface area contributed by atoms with Crippen molar-refractivity contribution in [3.05, 3.63) is 35.9 Å². The molecule has 2 rings (SSSR count). The van der Waals surface area contributed by atoms with Gasteiger partial charge in [-0.3, -0.25) is 0 Å². The van der Waals surface area contributed by atoms with Gasteiger partial charge in [-0.25, -0.2) is 4.98 Å². The third-order valence-corrected chi connectivity index (χ3v) is 2.99. The predicted octanol–water partition coefficient (Wildman–Crippen LogP) is 2.19. The lowest BCUT2D eigenvalue weighted by Gasteiger charge is -2.10. The Balaban J connectivity index is 1.91. The largest absolute Gasteiger partial charge is 0.383 e. The van der Waals surface area contributed by atoms with Crippen molar-refractivity contribution in [1.29, 1.82) is 0 Å². The van der Waals surface area contributed by atoms with E-state index in [9.17, 15) is 0 Å². The second kappa shape index (κ2) is 7.07. The number of benzene rings is 1. The van der Waals surface area contributed by atoms with E-state index in [1.165, 1.54) is 10.9 Å². The number of fused-ring (bicyclic) bond motifs is 1. The summed E-state index contributed by atoms with van der Waals surface area (Å²) < 4.78 is 4.98. The summed E-state index contributed by atoms with van der Waals surface area (Å²) in [5.41, 5.74) is 2.21. The van der Waals surface area contributed by atoms with Gasteiger partial charge in [-0.15, -0.1) is 0 Å². The highest BCUT2D eigenvalue weighted by molar-refractivity contribution is 5.81. The van der Waals surface area contributed by atoms with E-state index in [0.29, 0.717) is 0 Å². The van der Waals surface area contributed by atoms with Gasteiger partial charge in [0.2, 0.25) is 0 Å². The molecule has 0 radical (unpaired) electrons. The van der Waals surface area contributed by atoms with E-state index in [4.69, 9.17) is 4.74 Å². The van der Waals surface area contributed by atoms with Crippen molar-refractivity contribution >= 4 is 16.7 Å². The summed E-state index contributed by atoms with van der Waals surface area (Å²) in [6, 6.07) is 10.3. The number of para-hydroxylation sites is 1. The molecule has 0 amide bonds. The fraction of sp³-hybridized carbons (Fsp3) is 0.400. The molecule has 0 aliphatic carbocycles. The Kier molecular flexibility index (Phi) is 5.12. The zero-order chi connectivity index (χ0) is 13.5. The molecule has 19 heavy (non-hydrogen) atoms. The Hall–Kier alpha value is -1.65. The number of aryl methyl sites for hydroxylation is 1. The van der Waals surface area contributed by atoms with Crippen LogP contribution in [0.1, 0.15) is 5.56 Å². The van der Waals surface area contributed by atoms with Crippen LogP contribution in [0.3, 0.4) is 0 Å². The lowest BCUT2D eigenvalue weighted by molar-refractivity contribution is 0.200. The van der Waals surface area contributed by atoms with Crippen LogP contribution in [0.5, 0.6) is 0 Å². The Morgan fingerprint density at radius 1 is 1.16 bits per heavy atom. The number of hydrogen-bond donors (Lipinski definition) is 2. The Morgan fingerprint density at radius 3 is 2.84 bits per heavy atom. The molecule has 0 unspecified atom stereocenters. The van der Waals surface area contributed by atoms with Gasteiger partial charge in [-0.1, -0.05) is 18.2 Å². The van der Waals surface area contributed by atoms with Gasteiger partial charge in [0.25, 0.3) is 0 Å². The summed E-state index contributed by atoms with van der Waals surface area (Å²) in [6.07, 6.45) is 0. The Bertz CT molecular complexity index is 528. The standard InChI is InChI=1S/C15H21N3O/c1-12-11-13-5-3-4-6-14(13)18-15(12)17-8-7-16-9-10-19-2/h3-6,11,16H,7-10H2,1-2H3,(H,17,18). The van der Waals surface area contributed by atoms with Gasteiger partial charge < -0.3 is 15.4 Å². The van der Waals surface area contributed by atoms with Crippen molar-refractivity contribution < 1.29 is 4.74 Å². The molecule has 0 saturated heterocycles. The van der Waals surface area contributed by atoms with E-state index >= 15 is 0 Å². The van der Waals surface area contributed by atoms with Crippen LogP contribution in [-0.2, 0) is 4.74 Å². The van der Waals surface area contributed by atoms with Gasteiger partial charge in [-0.2, -0.15) is 0 Å². The van der Waals surface area contributed by atoms with Crippen molar-refractivity contribution in [2.24, 2.45) is 0 Å². The number of nitrogens with one attached hydrogen (secondary N) is 2. The molecule has 1 aromatic heterocycles. The summed E-state index contributed by atoms with van der Waals surface area (Å²) in [6.45, 7) is 5.46. The molecule has 1 heterocycles. The lowest BCUT2D eigenvalue weighted by Crippen LogP contribution is -2.25. The second-order valence-corrected chi connectivity index (χ2v) is 4.52. The molecular weight excluding hydrogens is 238 g/mol. The smallest absolute Gasteiger partial charge is 0.129 e. The average molecular weight is 259 g/mol. The lowest BCUT2D eigenvalue weighted by atomic mass is 10.1. The van der Waals surface area contributed by atoms with Gasteiger partial charge in [-0.05, 0) is 24.6 Å². The van der Waals surface area contributed by atoms with Crippen LogP contribution in [-0.4, -0.2) is 38.3 Å². The minimum atomic E-state index is 0.743. The van der Waals surface area contributed by atoms with E-state index in [2.05, 4.69) is 34.7 Å². The number of nitrogens with zero attached hydrogens (tertiary/aromatic N) is 1. The van der Waals surface area contributed by atoms with E-state index < -0.39 is 0 Å². The van der Waals surface area contributed by atoms with Crippen molar-refractivity contribution in [1.82, 2.24) is 10.3 Å². The number of anilines is 1. The maximum Gasteiger partial charge on any atom is 0.129 e. The average Bonchev–Trinajstić information content (AvgIpc) is 2.43. The molecule has 0 bridgehead atoms. The van der Waals surface area contributed by atoms with Crippen LogP contribution < -0.4 is 10.6 Å². The first kappa shape index (κ1) is 13.8. The van der Waals surface area contributed by atoms with E-state index in [1.807, 2.05) is 18.2 Å². The van der Waals surface area contributed by atoms with Gasteiger partial charge in [0.15, 0.2) is 0 Å². The monoisotopic (exact) mass is 259 g/mol. The predicted molar refractivity (Wildman–Crippen MR) is 79.7 cm³/mol. The number of methoxy groups -OCH3 is 1. The minimum Gasteiger partial charge on any atom is -0.383 e. The molecule has 4 heteroatoms. The highest BCUT2D eigenvalue weighted by atomic mass is 16.5. The maximum atomic E-state index is 4.98. The Labute approximate surface area is 114 Å². The second-order valence-electron chi connectivity index (χ2n) is 4.52. The van der Waals surface area contributed by atoms with Crippen LogP contribution in [0.2, 0.25) is 0 Å². The number of ether oxygens (including phenoxy) is 1. The fourth-order valence-electron chi connectivity index (χ4n) is 1.97. The number of rotatable bonds is 7. The van der Waals surface area contributed by atoms with Crippen LogP contribution in [0.25, 0.3) is 10.9 Å². The normalized spacial score (nSPS) is 10.8. The summed E-state index contributed by atoms with van der Waals surface area (Å²) in [5, 5.41) is 7.85. The summed E-state index contributed by atoms with van der Waals surface area (Å²) in [7, 11) is 1.71. The highest BCUT2D eigenvalue weighted by Gasteiger charge is 2.02. The Morgan fingerprint density at radius 2 is 2.00 bits per heavy atom. The minimum absolute atomic E-state index is 0.743. The van der Waals surface area contributed by atoms with Crippen LogP contribution in [0.4, 0.5) is 5.82 Å². The van der Waals surface area contributed by atoms with Crippen molar-refractivity contribution in [3.8, 4) is 0 Å². The molecule has 4 nitrogen and oxygen atoms in total. The first-order chi connectivity index (χ1) is 9.31. The molecule has 0 spiro atoms. The van der Waals surface area contributed by atoms with Gasteiger partial charge in [0.05, 0.1) is 12.1 Å². The molecule has 1 aromatic carbocycles. The van der Waals surface area contributed by atoms with Gasteiger partial charge in [0.1, 0.15) is 5.82 Å². The number of hydrogen-bond acceptors (Lipinski definition) is 4. The molecule has 102 valence electrons. The van der Waals surface area contributed by atoms with E-state index in [-0.39, 0.29) is 0 Å². The van der Waals surface area contributed by atoms with E-state index in [1.54, 1.807) is 7.11 Å². The maximum absolute atomic E-state index is 4.98. The first-order valence-corrected chi connectivity index (χ1v) is 6.61. The van der Waals surface area contributed by atoms with E-state index in [0.717, 1.165) is 37.6 Å². The quantitative estimate of drug-likeness (QED) is 0.748. The molecule has 0 saturated carbocycles. The van der Waals surface area contributed by atoms with Crippen molar-refractivity contribution in [2.45, 2.75) is 6.92 Å². The van der Waals surface area contributed by atoms with Gasteiger partial charge in [0, 0.05) is 32.1 Å². The number of aromatic nitrogens is 1. The van der Waals surface area contributed by atoms with Crippen LogP contribution >= 0.6 is 0 Å². The summed E-state index contributed by atoms with van der Waals surface area (Å²) in [5.74, 6) is 0.965. The van der Waals surface area contributed by atoms with Crippen molar-refractivity contribution in [2.75, 3.05) is 38.7 Å². The molecule has 0 aliphatic heterocycles. The first-order valence-electron chi connectivity index (χ1n) is 6.61. The topological polar surface area (TPSA) is 46.2 Å². The third kappa shape index (κ3) is 3.91. The molecule has 2 aromatic rings. The fourth-order valence-corrected chi connectivity index (χ4v) is 1.97. The van der Waals surface area contributed by atoms with Gasteiger partial charge >= 0.3 is 0 Å². The molecule has 0 aliphatic rings.